The smallest absolute Gasteiger partial charge is 0.230 e. The molecular formula is C18H15ClN2O2S. The summed E-state index contributed by atoms with van der Waals surface area (Å²) in [4.78, 5) is 16.6. The standard InChI is InChI=1S/C18H15ClN2O2S/c1-23-16-7-5-14(6-8-16)20-17(22)10-15-11-24-18(21-15)12-3-2-4-13(19)9-12/h2-9,11H,10H2,1H3,(H,20,22). The lowest BCUT2D eigenvalue weighted by atomic mass is 10.2. The number of hydrogen-bond donors (Lipinski definition) is 1. The molecule has 0 aliphatic rings. The highest BCUT2D eigenvalue weighted by Crippen LogP contribution is 2.26. The number of nitrogens with one attached hydrogen (secondary N) is 1. The summed E-state index contributed by atoms with van der Waals surface area (Å²) < 4.78 is 5.09. The maximum absolute atomic E-state index is 12.1. The molecule has 0 saturated heterocycles. The molecule has 3 rings (SSSR count). The quantitative estimate of drug-likeness (QED) is 0.722. The van der Waals surface area contributed by atoms with E-state index < -0.39 is 0 Å². The molecule has 3 aromatic rings. The zero-order valence-electron chi connectivity index (χ0n) is 13.0. The number of nitrogens with zero attached hydrogens (tertiary/aromatic N) is 1. The van der Waals surface area contributed by atoms with Crippen molar-refractivity contribution in [2.75, 3.05) is 12.4 Å². The molecule has 1 amide bonds. The van der Waals surface area contributed by atoms with E-state index in [-0.39, 0.29) is 12.3 Å². The van der Waals surface area contributed by atoms with Crippen molar-refractivity contribution in [3.05, 3.63) is 64.6 Å². The molecule has 1 aromatic heterocycles. The van der Waals surface area contributed by atoms with E-state index in [1.807, 2.05) is 29.6 Å². The van der Waals surface area contributed by atoms with Crippen molar-refractivity contribution in [3.63, 3.8) is 0 Å². The third-order valence-electron chi connectivity index (χ3n) is 3.34. The molecule has 0 bridgehead atoms. The van der Waals surface area contributed by atoms with Crippen LogP contribution in [0.2, 0.25) is 5.02 Å². The van der Waals surface area contributed by atoms with Gasteiger partial charge < -0.3 is 10.1 Å². The van der Waals surface area contributed by atoms with Gasteiger partial charge in [-0.2, -0.15) is 0 Å². The number of thiazole rings is 1. The Hall–Kier alpha value is -2.37. The Morgan fingerprint density at radius 2 is 2.04 bits per heavy atom. The molecule has 0 spiro atoms. The van der Waals surface area contributed by atoms with Crippen molar-refractivity contribution in [3.8, 4) is 16.3 Å². The minimum Gasteiger partial charge on any atom is -0.497 e. The number of carbonyl (C=O) groups is 1. The molecule has 0 fully saturated rings. The van der Waals surface area contributed by atoms with E-state index in [0.717, 1.165) is 27.7 Å². The van der Waals surface area contributed by atoms with Gasteiger partial charge in [0.2, 0.25) is 5.91 Å². The molecule has 24 heavy (non-hydrogen) atoms. The molecule has 0 radical (unpaired) electrons. The fourth-order valence-corrected chi connectivity index (χ4v) is 3.19. The number of aromatic nitrogens is 1. The predicted octanol–water partition coefficient (Wildman–Crippen LogP) is 4.65. The van der Waals surface area contributed by atoms with E-state index in [1.54, 1.807) is 31.4 Å². The Kier molecular flexibility index (Phi) is 5.13. The Bertz CT molecular complexity index is 846. The van der Waals surface area contributed by atoms with Gasteiger partial charge in [-0.25, -0.2) is 4.98 Å². The van der Waals surface area contributed by atoms with E-state index in [9.17, 15) is 4.79 Å². The number of methoxy groups -OCH3 is 1. The van der Waals surface area contributed by atoms with E-state index in [0.29, 0.717) is 5.02 Å². The highest BCUT2D eigenvalue weighted by molar-refractivity contribution is 7.13. The van der Waals surface area contributed by atoms with Crippen LogP contribution in [0.1, 0.15) is 5.69 Å². The van der Waals surface area contributed by atoms with Crippen LogP contribution < -0.4 is 10.1 Å². The highest BCUT2D eigenvalue weighted by Gasteiger charge is 2.10. The van der Waals surface area contributed by atoms with Crippen LogP contribution >= 0.6 is 22.9 Å². The summed E-state index contributed by atoms with van der Waals surface area (Å²) in [6.07, 6.45) is 0.225. The van der Waals surface area contributed by atoms with Gasteiger partial charge in [0.25, 0.3) is 0 Å². The van der Waals surface area contributed by atoms with Crippen LogP contribution in [0.15, 0.2) is 53.9 Å². The van der Waals surface area contributed by atoms with Gasteiger partial charge in [0.1, 0.15) is 10.8 Å². The number of benzene rings is 2. The SMILES string of the molecule is COc1ccc(NC(=O)Cc2csc(-c3cccc(Cl)c3)n2)cc1. The van der Waals surface area contributed by atoms with E-state index in [1.165, 1.54) is 11.3 Å². The van der Waals surface area contributed by atoms with Crippen molar-refractivity contribution in [2.24, 2.45) is 0 Å². The van der Waals surface area contributed by atoms with Crippen LogP contribution in [0.25, 0.3) is 10.6 Å². The zero-order chi connectivity index (χ0) is 16.9. The number of hydrogen-bond acceptors (Lipinski definition) is 4. The van der Waals surface area contributed by atoms with Crippen molar-refractivity contribution in [1.82, 2.24) is 4.98 Å². The minimum atomic E-state index is -0.108. The van der Waals surface area contributed by atoms with Crippen molar-refractivity contribution < 1.29 is 9.53 Å². The molecule has 6 heteroatoms. The first-order valence-electron chi connectivity index (χ1n) is 7.28. The van der Waals surface area contributed by atoms with Gasteiger partial charge >= 0.3 is 0 Å². The molecule has 0 aliphatic carbocycles. The van der Waals surface area contributed by atoms with Crippen molar-refractivity contribution >= 4 is 34.5 Å². The summed E-state index contributed by atoms with van der Waals surface area (Å²) in [7, 11) is 1.60. The third kappa shape index (κ3) is 4.13. The summed E-state index contributed by atoms with van der Waals surface area (Å²) in [6.45, 7) is 0. The molecule has 1 N–H and O–H groups in total. The van der Waals surface area contributed by atoms with E-state index >= 15 is 0 Å². The van der Waals surface area contributed by atoms with Crippen LogP contribution in [0.4, 0.5) is 5.69 Å². The van der Waals surface area contributed by atoms with Gasteiger partial charge in [-0.15, -0.1) is 11.3 Å². The molecule has 0 aliphatic heterocycles. The number of ether oxygens (including phenoxy) is 1. The third-order valence-corrected chi connectivity index (χ3v) is 4.51. The van der Waals surface area contributed by atoms with Crippen molar-refractivity contribution in [1.29, 1.82) is 0 Å². The van der Waals surface area contributed by atoms with Gasteiger partial charge in [-0.3, -0.25) is 4.79 Å². The summed E-state index contributed by atoms with van der Waals surface area (Å²) in [6, 6.07) is 14.7. The normalized spacial score (nSPS) is 10.4. The lowest BCUT2D eigenvalue weighted by molar-refractivity contribution is -0.115. The molecule has 1 heterocycles. The fourth-order valence-electron chi connectivity index (χ4n) is 2.19. The second-order valence-electron chi connectivity index (χ2n) is 5.11. The zero-order valence-corrected chi connectivity index (χ0v) is 14.5. The molecule has 0 saturated carbocycles. The first kappa shape index (κ1) is 16.5. The predicted molar refractivity (Wildman–Crippen MR) is 97.9 cm³/mol. The largest absolute Gasteiger partial charge is 0.497 e. The molecule has 0 atom stereocenters. The second-order valence-corrected chi connectivity index (χ2v) is 6.40. The number of anilines is 1. The summed E-state index contributed by atoms with van der Waals surface area (Å²) in [5.74, 6) is 0.641. The Labute approximate surface area is 149 Å². The minimum absolute atomic E-state index is 0.108. The Morgan fingerprint density at radius 3 is 2.75 bits per heavy atom. The van der Waals surface area contributed by atoms with Gasteiger partial charge in [0.05, 0.1) is 19.2 Å². The average molecular weight is 359 g/mol. The average Bonchev–Trinajstić information content (AvgIpc) is 3.04. The first-order chi connectivity index (χ1) is 11.6. The highest BCUT2D eigenvalue weighted by atomic mass is 35.5. The number of halogens is 1. The summed E-state index contributed by atoms with van der Waals surface area (Å²) in [5, 5.41) is 6.26. The van der Waals surface area contributed by atoms with E-state index in [2.05, 4.69) is 10.3 Å². The van der Waals surface area contributed by atoms with Crippen molar-refractivity contribution in [2.45, 2.75) is 6.42 Å². The lowest BCUT2D eigenvalue weighted by Crippen LogP contribution is -2.14. The second kappa shape index (κ2) is 7.47. The number of carbonyl (C=O) groups excluding carboxylic acids is 1. The fraction of sp³-hybridized carbons (Fsp3) is 0.111. The molecular weight excluding hydrogens is 344 g/mol. The van der Waals surface area contributed by atoms with Gasteiger partial charge in [-0.05, 0) is 36.4 Å². The van der Waals surface area contributed by atoms with Gasteiger partial charge in [-0.1, -0.05) is 23.7 Å². The van der Waals surface area contributed by atoms with Gasteiger partial charge in [0, 0.05) is 21.7 Å². The van der Waals surface area contributed by atoms with Crippen LogP contribution in [0.3, 0.4) is 0 Å². The molecule has 4 nitrogen and oxygen atoms in total. The summed E-state index contributed by atoms with van der Waals surface area (Å²) in [5.41, 5.74) is 2.42. The number of amides is 1. The first-order valence-corrected chi connectivity index (χ1v) is 8.54. The monoisotopic (exact) mass is 358 g/mol. The number of rotatable bonds is 5. The van der Waals surface area contributed by atoms with E-state index in [4.69, 9.17) is 16.3 Å². The summed E-state index contributed by atoms with van der Waals surface area (Å²) >= 11 is 7.50. The molecule has 0 unspecified atom stereocenters. The molecule has 2 aromatic carbocycles. The van der Waals surface area contributed by atoms with Gasteiger partial charge in [0.15, 0.2) is 0 Å². The topological polar surface area (TPSA) is 51.2 Å². The Morgan fingerprint density at radius 1 is 1.25 bits per heavy atom. The molecule has 122 valence electrons. The maximum Gasteiger partial charge on any atom is 0.230 e. The van der Waals surface area contributed by atoms with Crippen LogP contribution in [0, 0.1) is 0 Å². The maximum atomic E-state index is 12.1. The van der Waals surface area contributed by atoms with Crippen LogP contribution in [-0.4, -0.2) is 18.0 Å². The van der Waals surface area contributed by atoms with Crippen LogP contribution in [0.5, 0.6) is 5.75 Å². The lowest BCUT2D eigenvalue weighted by Gasteiger charge is -2.05. The van der Waals surface area contributed by atoms with Crippen LogP contribution in [-0.2, 0) is 11.2 Å². The Balaban J connectivity index is 1.64.